The minimum atomic E-state index is -0.503. The molecule has 2 heterocycles. The third-order valence-corrected chi connectivity index (χ3v) is 7.73. The molecule has 1 atom stereocenters. The second kappa shape index (κ2) is 14.1. The summed E-state index contributed by atoms with van der Waals surface area (Å²) in [6.07, 6.45) is 2.71. The maximum atomic E-state index is 12.9. The lowest BCUT2D eigenvalue weighted by molar-refractivity contribution is -0.114. The van der Waals surface area contributed by atoms with Crippen molar-refractivity contribution in [2.75, 3.05) is 26.4 Å². The van der Waals surface area contributed by atoms with E-state index < -0.39 is 5.91 Å². The summed E-state index contributed by atoms with van der Waals surface area (Å²) in [4.78, 5) is 17.0. The summed E-state index contributed by atoms with van der Waals surface area (Å²) in [7, 11) is 0. The second-order valence-electron chi connectivity index (χ2n) is 9.83. The molecule has 3 aromatic carbocycles. The largest absolute Gasteiger partial charge is 0.490 e. The Bertz CT molecular complexity index is 1550. The highest BCUT2D eigenvalue weighted by molar-refractivity contribution is 8.27. The van der Waals surface area contributed by atoms with Gasteiger partial charge in [0.05, 0.1) is 12.2 Å². The van der Waals surface area contributed by atoms with Crippen LogP contribution in [0.15, 0.2) is 88.5 Å². The van der Waals surface area contributed by atoms with Crippen molar-refractivity contribution in [3.8, 4) is 23.0 Å². The quantitative estimate of drug-likeness (QED) is 0.171. The number of aliphatic imine (C=N–C) groups is 1. The van der Waals surface area contributed by atoms with Gasteiger partial charge in [-0.25, -0.2) is 0 Å². The Hall–Kier alpha value is -4.57. The summed E-state index contributed by atoms with van der Waals surface area (Å²) in [6, 6.07) is 22.9. The average molecular weight is 599 g/mol. The van der Waals surface area contributed by atoms with Gasteiger partial charge in [0.15, 0.2) is 17.3 Å². The molecule has 2 aliphatic heterocycles. The van der Waals surface area contributed by atoms with Gasteiger partial charge < -0.3 is 18.9 Å². The molecule has 0 spiro atoms. The van der Waals surface area contributed by atoms with E-state index >= 15 is 0 Å². The highest BCUT2D eigenvalue weighted by Gasteiger charge is 2.35. The summed E-state index contributed by atoms with van der Waals surface area (Å²) in [5, 5.41) is 15.4. The first-order valence-electron chi connectivity index (χ1n) is 14.2. The van der Waals surface area contributed by atoms with Crippen LogP contribution in [0.5, 0.6) is 23.0 Å². The molecule has 222 valence electrons. The standard InChI is InChI=1S/C33H34N4O5S/c1-4-22(3)24-12-14-26(15-13-24)40-17-18-41-28-16-11-23(20-29(28)39-5-2)19-27-31(34)37-33(35-32(27)38)43-30(36-37)21-42-25-9-7-6-8-10-25/h6-16,19-20,22,34H,4-5,17-18,21H2,1-3H3/b27-19-,34-31?. The predicted molar refractivity (Wildman–Crippen MR) is 171 cm³/mol. The van der Waals surface area contributed by atoms with Crippen molar-refractivity contribution >= 4 is 39.8 Å². The lowest BCUT2D eigenvalue weighted by Gasteiger charge is -2.20. The van der Waals surface area contributed by atoms with Crippen LogP contribution < -0.4 is 18.9 Å². The first-order valence-corrected chi connectivity index (χ1v) is 15.1. The highest BCUT2D eigenvalue weighted by Crippen LogP contribution is 2.32. The number of para-hydroxylation sites is 1. The number of rotatable bonds is 13. The molecule has 5 rings (SSSR count). The van der Waals surface area contributed by atoms with Gasteiger partial charge >= 0.3 is 0 Å². The van der Waals surface area contributed by atoms with Crippen LogP contribution in [-0.4, -0.2) is 53.4 Å². The van der Waals surface area contributed by atoms with E-state index in [0.29, 0.717) is 58.8 Å². The lowest BCUT2D eigenvalue weighted by Crippen LogP contribution is -2.35. The Labute approximate surface area is 255 Å². The molecular weight excluding hydrogens is 564 g/mol. The number of nitrogens with one attached hydrogen (secondary N) is 1. The van der Waals surface area contributed by atoms with E-state index in [1.54, 1.807) is 24.3 Å². The SMILES string of the molecule is CCOc1cc(/C=C2/C(=N)N3N=C(COc4ccccc4)SC3=NC2=O)ccc1OCCOc1ccc(C(C)CC)cc1. The molecule has 0 aromatic heterocycles. The summed E-state index contributed by atoms with van der Waals surface area (Å²) in [5.41, 5.74) is 2.09. The fourth-order valence-electron chi connectivity index (χ4n) is 4.36. The summed E-state index contributed by atoms with van der Waals surface area (Å²) in [6.45, 7) is 7.62. The van der Waals surface area contributed by atoms with Gasteiger partial charge in [-0.15, -0.1) is 0 Å². The monoisotopic (exact) mass is 598 g/mol. The molecule has 43 heavy (non-hydrogen) atoms. The van der Waals surface area contributed by atoms with Gasteiger partial charge in [0.25, 0.3) is 5.91 Å². The van der Waals surface area contributed by atoms with E-state index in [1.807, 2.05) is 49.4 Å². The number of ether oxygens (including phenoxy) is 4. The van der Waals surface area contributed by atoms with E-state index in [1.165, 1.54) is 22.3 Å². The van der Waals surface area contributed by atoms with Crippen molar-refractivity contribution in [3.05, 3.63) is 89.5 Å². The van der Waals surface area contributed by atoms with E-state index in [0.717, 1.165) is 12.2 Å². The Morgan fingerprint density at radius 2 is 1.65 bits per heavy atom. The van der Waals surface area contributed by atoms with Gasteiger partial charge in [-0.2, -0.15) is 15.1 Å². The van der Waals surface area contributed by atoms with Crippen LogP contribution in [0.2, 0.25) is 0 Å². The van der Waals surface area contributed by atoms with Crippen LogP contribution in [-0.2, 0) is 4.79 Å². The van der Waals surface area contributed by atoms with Gasteiger partial charge in [-0.3, -0.25) is 10.2 Å². The second-order valence-corrected chi connectivity index (χ2v) is 10.9. The number of nitrogens with zero attached hydrogens (tertiary/aromatic N) is 3. The third kappa shape index (κ3) is 7.45. The number of benzene rings is 3. The molecule has 3 aromatic rings. The van der Waals surface area contributed by atoms with Crippen molar-refractivity contribution in [1.29, 1.82) is 5.41 Å². The molecule has 9 nitrogen and oxygen atoms in total. The van der Waals surface area contributed by atoms with Crippen molar-refractivity contribution < 1.29 is 23.7 Å². The van der Waals surface area contributed by atoms with E-state index in [4.69, 9.17) is 24.4 Å². The number of thioether (sulfide) groups is 1. The molecule has 1 amide bonds. The van der Waals surface area contributed by atoms with Crippen LogP contribution in [0.25, 0.3) is 6.08 Å². The molecule has 0 saturated carbocycles. The summed E-state index contributed by atoms with van der Waals surface area (Å²) < 4.78 is 23.4. The fraction of sp³-hybridized carbons (Fsp3) is 0.273. The van der Waals surface area contributed by atoms with E-state index in [2.05, 4.69) is 36.1 Å². The molecule has 0 bridgehead atoms. The molecule has 1 N–H and O–H groups in total. The number of carbonyl (C=O) groups excluding carboxylic acids is 1. The molecule has 0 saturated heterocycles. The Morgan fingerprint density at radius 1 is 0.907 bits per heavy atom. The van der Waals surface area contributed by atoms with Gasteiger partial charge in [0, 0.05) is 0 Å². The number of amides is 1. The first kappa shape index (κ1) is 29.9. The number of amidine groups is 2. The van der Waals surface area contributed by atoms with E-state index in [-0.39, 0.29) is 18.0 Å². The van der Waals surface area contributed by atoms with Gasteiger partial charge in [0.1, 0.15) is 36.4 Å². The molecule has 10 heteroatoms. The Morgan fingerprint density at radius 3 is 2.40 bits per heavy atom. The van der Waals surface area contributed by atoms with Gasteiger partial charge in [-0.1, -0.05) is 50.2 Å². The normalized spacial score (nSPS) is 16.0. The van der Waals surface area contributed by atoms with Crippen molar-refractivity contribution in [2.45, 2.75) is 33.1 Å². The Balaban J connectivity index is 1.21. The number of fused-ring (bicyclic) bond motifs is 1. The molecule has 0 radical (unpaired) electrons. The first-order chi connectivity index (χ1) is 20.9. The molecule has 0 fully saturated rings. The highest BCUT2D eigenvalue weighted by atomic mass is 32.2. The van der Waals surface area contributed by atoms with Gasteiger partial charge in [0.2, 0.25) is 5.17 Å². The third-order valence-electron chi connectivity index (χ3n) is 6.85. The van der Waals surface area contributed by atoms with Crippen LogP contribution >= 0.6 is 11.8 Å². The number of hydrogen-bond donors (Lipinski definition) is 1. The minimum absolute atomic E-state index is 0.0511. The molecular formula is C33H34N4O5S. The van der Waals surface area contributed by atoms with Crippen molar-refractivity contribution in [1.82, 2.24) is 5.01 Å². The van der Waals surface area contributed by atoms with Crippen LogP contribution in [0.4, 0.5) is 0 Å². The zero-order valence-electron chi connectivity index (χ0n) is 24.4. The number of hydrogen-bond acceptors (Lipinski definition) is 8. The summed E-state index contributed by atoms with van der Waals surface area (Å²) >= 11 is 1.22. The fourth-order valence-corrected chi connectivity index (χ4v) is 5.16. The minimum Gasteiger partial charge on any atom is -0.490 e. The zero-order chi connectivity index (χ0) is 30.2. The van der Waals surface area contributed by atoms with E-state index in [9.17, 15) is 4.79 Å². The Kier molecular flexibility index (Phi) is 9.78. The number of carbonyl (C=O) groups is 1. The summed E-state index contributed by atoms with van der Waals surface area (Å²) in [5.74, 6) is 2.57. The maximum Gasteiger partial charge on any atom is 0.283 e. The van der Waals surface area contributed by atoms with Crippen LogP contribution in [0.3, 0.4) is 0 Å². The van der Waals surface area contributed by atoms with Crippen LogP contribution in [0.1, 0.15) is 44.2 Å². The predicted octanol–water partition coefficient (Wildman–Crippen LogP) is 6.75. The number of hydrazone groups is 1. The average Bonchev–Trinajstić information content (AvgIpc) is 3.44. The van der Waals surface area contributed by atoms with Crippen molar-refractivity contribution in [2.24, 2.45) is 10.1 Å². The van der Waals surface area contributed by atoms with Crippen LogP contribution in [0, 0.1) is 5.41 Å². The van der Waals surface area contributed by atoms with Crippen molar-refractivity contribution in [3.63, 3.8) is 0 Å². The zero-order valence-corrected chi connectivity index (χ0v) is 25.2. The molecule has 0 aliphatic carbocycles. The maximum absolute atomic E-state index is 12.9. The molecule has 1 unspecified atom stereocenters. The smallest absolute Gasteiger partial charge is 0.283 e. The lowest BCUT2D eigenvalue weighted by atomic mass is 9.99. The molecule has 2 aliphatic rings. The van der Waals surface area contributed by atoms with Gasteiger partial charge in [-0.05, 0) is 84.6 Å². The topological polar surface area (TPSA) is 106 Å².